The van der Waals surface area contributed by atoms with Crippen LogP contribution in [0.5, 0.6) is 11.5 Å². The van der Waals surface area contributed by atoms with Gasteiger partial charge in [-0.05, 0) is 61.2 Å². The second-order valence-corrected chi connectivity index (χ2v) is 8.81. The van der Waals surface area contributed by atoms with E-state index in [0.29, 0.717) is 24.3 Å². The second kappa shape index (κ2) is 10.2. The number of hydrogen-bond acceptors (Lipinski definition) is 5. The van der Waals surface area contributed by atoms with Gasteiger partial charge in [-0.2, -0.15) is 0 Å². The van der Waals surface area contributed by atoms with E-state index < -0.39 is 0 Å². The maximum atomic E-state index is 13.0. The number of rotatable bonds is 7. The highest BCUT2D eigenvalue weighted by molar-refractivity contribution is 5.80. The SMILES string of the molecule is COc1ccc(CCC(=O)N2CCC(n3c(-c4ccccn4)nc4ccccc43)CC2)cc1OC. The lowest BCUT2D eigenvalue weighted by atomic mass is 10.0. The number of fused-ring (bicyclic) bond motifs is 1. The highest BCUT2D eigenvalue weighted by atomic mass is 16.5. The van der Waals surface area contributed by atoms with Gasteiger partial charge in [0.25, 0.3) is 0 Å². The van der Waals surface area contributed by atoms with Gasteiger partial charge >= 0.3 is 0 Å². The second-order valence-electron chi connectivity index (χ2n) is 8.81. The predicted octanol–water partition coefficient (Wildman–Crippen LogP) is 4.91. The smallest absolute Gasteiger partial charge is 0.222 e. The minimum absolute atomic E-state index is 0.193. The molecule has 0 saturated carbocycles. The molecule has 0 atom stereocenters. The molecule has 4 aromatic rings. The molecule has 35 heavy (non-hydrogen) atoms. The topological polar surface area (TPSA) is 69.5 Å². The molecule has 0 spiro atoms. The number of carbonyl (C=O) groups is 1. The zero-order valence-corrected chi connectivity index (χ0v) is 20.2. The number of imidazole rings is 1. The molecule has 5 rings (SSSR count). The number of likely N-dealkylation sites (tertiary alicyclic amines) is 1. The Labute approximate surface area is 205 Å². The summed E-state index contributed by atoms with van der Waals surface area (Å²) in [6.45, 7) is 1.48. The molecule has 1 aliphatic rings. The minimum atomic E-state index is 0.193. The Hall–Kier alpha value is -3.87. The summed E-state index contributed by atoms with van der Waals surface area (Å²) in [5, 5.41) is 0. The van der Waals surface area contributed by atoms with Gasteiger partial charge in [-0.1, -0.05) is 24.3 Å². The van der Waals surface area contributed by atoms with Crippen LogP contribution in [0.3, 0.4) is 0 Å². The fraction of sp³-hybridized carbons (Fsp3) is 0.321. The minimum Gasteiger partial charge on any atom is -0.493 e. The Morgan fingerprint density at radius 2 is 1.74 bits per heavy atom. The summed E-state index contributed by atoms with van der Waals surface area (Å²) in [5.74, 6) is 2.47. The fourth-order valence-corrected chi connectivity index (χ4v) is 4.91. The van der Waals surface area contributed by atoms with Gasteiger partial charge in [0.15, 0.2) is 17.3 Å². The van der Waals surface area contributed by atoms with Crippen LogP contribution in [0.4, 0.5) is 0 Å². The molecule has 7 nitrogen and oxygen atoms in total. The quantitative estimate of drug-likeness (QED) is 0.384. The van der Waals surface area contributed by atoms with Crippen LogP contribution in [0.15, 0.2) is 66.9 Å². The summed E-state index contributed by atoms with van der Waals surface area (Å²) < 4.78 is 13.0. The number of methoxy groups -OCH3 is 2. The summed E-state index contributed by atoms with van der Waals surface area (Å²) in [5.41, 5.74) is 4.03. The average molecular weight is 471 g/mol. The zero-order valence-electron chi connectivity index (χ0n) is 20.2. The highest BCUT2D eigenvalue weighted by Crippen LogP contribution is 2.33. The monoisotopic (exact) mass is 470 g/mol. The van der Waals surface area contributed by atoms with Crippen molar-refractivity contribution < 1.29 is 14.3 Å². The number of aryl methyl sites for hydroxylation is 1. The van der Waals surface area contributed by atoms with E-state index in [-0.39, 0.29) is 11.9 Å². The van der Waals surface area contributed by atoms with Gasteiger partial charge in [0.05, 0.1) is 25.3 Å². The molecular weight excluding hydrogens is 440 g/mol. The van der Waals surface area contributed by atoms with Gasteiger partial charge in [0.1, 0.15) is 5.69 Å². The molecular formula is C28H30N4O3. The third-order valence-electron chi connectivity index (χ3n) is 6.75. The Kier molecular flexibility index (Phi) is 6.66. The van der Waals surface area contributed by atoms with Crippen molar-refractivity contribution in [2.45, 2.75) is 31.7 Å². The Morgan fingerprint density at radius 3 is 2.49 bits per heavy atom. The van der Waals surface area contributed by atoms with Crippen molar-refractivity contribution in [3.05, 3.63) is 72.4 Å². The van der Waals surface area contributed by atoms with E-state index in [4.69, 9.17) is 14.5 Å². The van der Waals surface area contributed by atoms with Gasteiger partial charge in [-0.15, -0.1) is 0 Å². The first-order chi connectivity index (χ1) is 17.2. The Morgan fingerprint density at radius 1 is 0.971 bits per heavy atom. The number of pyridine rings is 1. The van der Waals surface area contributed by atoms with Crippen LogP contribution >= 0.6 is 0 Å². The molecule has 7 heteroatoms. The number of para-hydroxylation sites is 2. The molecule has 2 aromatic carbocycles. The Balaban J connectivity index is 1.27. The average Bonchev–Trinajstić information content (AvgIpc) is 3.32. The maximum absolute atomic E-state index is 13.0. The lowest BCUT2D eigenvalue weighted by molar-refractivity contribution is -0.132. The van der Waals surface area contributed by atoms with Gasteiger partial charge in [0, 0.05) is 31.7 Å². The number of ether oxygens (including phenoxy) is 2. The van der Waals surface area contributed by atoms with E-state index in [9.17, 15) is 4.79 Å². The molecule has 0 bridgehead atoms. The van der Waals surface area contributed by atoms with Crippen molar-refractivity contribution in [3.8, 4) is 23.0 Å². The van der Waals surface area contributed by atoms with Crippen molar-refractivity contribution in [1.29, 1.82) is 0 Å². The van der Waals surface area contributed by atoms with Crippen molar-refractivity contribution >= 4 is 16.9 Å². The predicted molar refractivity (Wildman–Crippen MR) is 136 cm³/mol. The summed E-state index contributed by atoms with van der Waals surface area (Å²) >= 11 is 0. The van der Waals surface area contributed by atoms with Gasteiger partial charge in [0.2, 0.25) is 5.91 Å². The van der Waals surface area contributed by atoms with Crippen molar-refractivity contribution in [3.63, 3.8) is 0 Å². The van der Waals surface area contributed by atoms with Crippen LogP contribution in [0.2, 0.25) is 0 Å². The van der Waals surface area contributed by atoms with E-state index in [2.05, 4.69) is 21.7 Å². The van der Waals surface area contributed by atoms with Crippen LogP contribution in [-0.4, -0.2) is 52.7 Å². The first-order valence-electron chi connectivity index (χ1n) is 12.0. The first-order valence-corrected chi connectivity index (χ1v) is 12.0. The molecule has 3 heterocycles. The zero-order chi connectivity index (χ0) is 24.2. The van der Waals surface area contributed by atoms with E-state index in [1.165, 1.54) is 0 Å². The number of aromatic nitrogens is 3. The summed E-state index contributed by atoms with van der Waals surface area (Å²) in [6.07, 6.45) is 4.74. The number of hydrogen-bond donors (Lipinski definition) is 0. The largest absolute Gasteiger partial charge is 0.493 e. The Bertz CT molecular complexity index is 1310. The van der Waals surface area contributed by atoms with Crippen LogP contribution in [0.1, 0.15) is 30.9 Å². The van der Waals surface area contributed by atoms with Crippen LogP contribution in [0, 0.1) is 0 Å². The summed E-state index contributed by atoms with van der Waals surface area (Å²) in [4.78, 5) is 24.4. The number of nitrogens with zero attached hydrogens (tertiary/aromatic N) is 4. The van der Waals surface area contributed by atoms with Crippen molar-refractivity contribution in [2.75, 3.05) is 27.3 Å². The lowest BCUT2D eigenvalue weighted by Gasteiger charge is -2.33. The van der Waals surface area contributed by atoms with Crippen molar-refractivity contribution in [2.24, 2.45) is 0 Å². The van der Waals surface area contributed by atoms with E-state index >= 15 is 0 Å². The molecule has 0 radical (unpaired) electrons. The molecule has 0 aliphatic carbocycles. The third kappa shape index (κ3) is 4.71. The molecule has 1 saturated heterocycles. The maximum Gasteiger partial charge on any atom is 0.222 e. The standard InChI is InChI=1S/C28H30N4O3/c1-34-25-12-10-20(19-26(25)35-2)11-13-27(33)31-17-14-21(15-18-31)32-24-9-4-3-7-22(24)30-28(32)23-8-5-6-16-29-23/h3-10,12,16,19,21H,11,13-15,17-18H2,1-2H3. The number of piperidine rings is 1. The van der Waals surface area contributed by atoms with Crippen LogP contribution in [0.25, 0.3) is 22.6 Å². The van der Waals surface area contributed by atoms with E-state index in [1.807, 2.05) is 53.4 Å². The van der Waals surface area contributed by atoms with Gasteiger partial charge < -0.3 is 18.9 Å². The molecule has 180 valence electrons. The highest BCUT2D eigenvalue weighted by Gasteiger charge is 2.27. The summed E-state index contributed by atoms with van der Waals surface area (Å²) in [6, 6.07) is 20.2. The molecule has 1 aliphatic heterocycles. The first kappa shape index (κ1) is 22.9. The lowest BCUT2D eigenvalue weighted by Crippen LogP contribution is -2.39. The van der Waals surface area contributed by atoms with Crippen LogP contribution in [-0.2, 0) is 11.2 Å². The van der Waals surface area contributed by atoms with Crippen LogP contribution < -0.4 is 9.47 Å². The van der Waals surface area contributed by atoms with Gasteiger partial charge in [-0.25, -0.2) is 4.98 Å². The number of benzene rings is 2. The van der Waals surface area contributed by atoms with Gasteiger partial charge in [-0.3, -0.25) is 9.78 Å². The summed E-state index contributed by atoms with van der Waals surface area (Å²) in [7, 11) is 3.25. The normalized spacial score (nSPS) is 14.3. The molecule has 0 N–H and O–H groups in total. The molecule has 0 unspecified atom stereocenters. The number of carbonyl (C=O) groups excluding carboxylic acids is 1. The van der Waals surface area contributed by atoms with Crippen molar-refractivity contribution in [1.82, 2.24) is 19.4 Å². The van der Waals surface area contributed by atoms with E-state index in [0.717, 1.165) is 54.0 Å². The molecule has 1 fully saturated rings. The fourth-order valence-electron chi connectivity index (χ4n) is 4.91. The number of amides is 1. The molecule has 1 amide bonds. The van der Waals surface area contributed by atoms with E-state index in [1.54, 1.807) is 20.4 Å². The molecule has 2 aromatic heterocycles. The third-order valence-corrected chi connectivity index (χ3v) is 6.75.